The van der Waals surface area contributed by atoms with Crippen molar-refractivity contribution >= 4 is 37.4 Å². The predicted molar refractivity (Wildman–Crippen MR) is 103 cm³/mol. The van der Waals surface area contributed by atoms with E-state index >= 15 is 0 Å². The zero-order chi connectivity index (χ0) is 20.2. The number of carbonyl (C=O) groups is 2. The molecule has 2 rings (SSSR count). The number of benzene rings is 1. The maximum Gasteiger partial charge on any atom is 0.223 e. The molecule has 1 saturated heterocycles. The van der Waals surface area contributed by atoms with E-state index in [1.54, 1.807) is 19.2 Å². The Morgan fingerprint density at radius 1 is 1.26 bits per heavy atom. The van der Waals surface area contributed by atoms with Gasteiger partial charge in [-0.3, -0.25) is 9.59 Å². The number of rotatable bonds is 7. The first kappa shape index (κ1) is 21.3. The molecule has 1 amide bonds. The molecule has 0 saturated carbocycles. The monoisotopic (exact) mass is 413 g/mol. The second kappa shape index (κ2) is 8.35. The number of sulfone groups is 2. The van der Waals surface area contributed by atoms with Crippen molar-refractivity contribution < 1.29 is 26.4 Å². The molecule has 0 spiro atoms. The van der Waals surface area contributed by atoms with Gasteiger partial charge < -0.3 is 4.90 Å². The normalized spacial score (nSPS) is 19.3. The van der Waals surface area contributed by atoms with Gasteiger partial charge in [-0.05, 0) is 30.2 Å². The number of nitrogens with zero attached hydrogens (tertiary/aromatic N) is 1. The van der Waals surface area contributed by atoms with E-state index in [-0.39, 0.29) is 47.0 Å². The standard InChI is InChI=1S/C18H23NO6S2/c1-19(15-10-11-27(24,25)13-15)18(21)9-8-16(20)7-6-14-4-3-5-17(12-14)26(2,22)23/h3-7,12,15H,8-11,13H2,1-2H3/b7-6+. The molecule has 0 bridgehead atoms. The molecule has 9 heteroatoms. The van der Waals surface area contributed by atoms with E-state index < -0.39 is 19.7 Å². The fourth-order valence-electron chi connectivity index (χ4n) is 2.81. The fraction of sp³-hybridized carbons (Fsp3) is 0.444. The Labute approximate surface area is 159 Å². The molecule has 1 aromatic rings. The van der Waals surface area contributed by atoms with Crippen molar-refractivity contribution in [3.63, 3.8) is 0 Å². The zero-order valence-corrected chi connectivity index (χ0v) is 16.9. The molecular weight excluding hydrogens is 390 g/mol. The lowest BCUT2D eigenvalue weighted by molar-refractivity contribution is -0.133. The van der Waals surface area contributed by atoms with Crippen LogP contribution >= 0.6 is 0 Å². The minimum atomic E-state index is -3.32. The summed E-state index contributed by atoms with van der Waals surface area (Å²) >= 11 is 0. The zero-order valence-electron chi connectivity index (χ0n) is 15.3. The third kappa shape index (κ3) is 6.28. The molecule has 148 valence electrons. The average Bonchev–Trinajstić information content (AvgIpc) is 2.96. The lowest BCUT2D eigenvalue weighted by Gasteiger charge is -2.23. The van der Waals surface area contributed by atoms with E-state index in [0.29, 0.717) is 12.0 Å². The minimum Gasteiger partial charge on any atom is -0.342 e. The third-order valence-corrected chi connectivity index (χ3v) is 7.34. The number of carbonyl (C=O) groups excluding carboxylic acids is 2. The molecule has 1 aliphatic heterocycles. The number of hydrogen-bond acceptors (Lipinski definition) is 6. The summed E-state index contributed by atoms with van der Waals surface area (Å²) < 4.78 is 46.1. The van der Waals surface area contributed by atoms with Crippen LogP contribution in [0.15, 0.2) is 35.2 Å². The molecule has 7 nitrogen and oxygen atoms in total. The van der Waals surface area contributed by atoms with Gasteiger partial charge in [-0.1, -0.05) is 18.2 Å². The lowest BCUT2D eigenvalue weighted by atomic mass is 10.1. The van der Waals surface area contributed by atoms with Crippen molar-refractivity contribution in [2.24, 2.45) is 0 Å². The second-order valence-corrected chi connectivity index (χ2v) is 11.0. The van der Waals surface area contributed by atoms with Crippen LogP contribution in [0.5, 0.6) is 0 Å². The number of ketones is 1. The molecule has 1 fully saturated rings. The van der Waals surface area contributed by atoms with Gasteiger partial charge in [0.2, 0.25) is 5.91 Å². The molecule has 1 aliphatic rings. The minimum absolute atomic E-state index is 0.000397. The van der Waals surface area contributed by atoms with Gasteiger partial charge in [0.1, 0.15) is 0 Å². The average molecular weight is 414 g/mol. The van der Waals surface area contributed by atoms with Crippen molar-refractivity contribution in [3.05, 3.63) is 35.9 Å². The molecule has 0 radical (unpaired) electrons. The van der Waals surface area contributed by atoms with Gasteiger partial charge in [-0.15, -0.1) is 0 Å². The Balaban J connectivity index is 1.89. The SMILES string of the molecule is CN(C(=O)CCC(=O)/C=C/c1cccc(S(C)(=O)=O)c1)C1CCS(=O)(=O)C1. The highest BCUT2D eigenvalue weighted by atomic mass is 32.2. The number of hydrogen-bond donors (Lipinski definition) is 0. The largest absolute Gasteiger partial charge is 0.342 e. The molecule has 0 N–H and O–H groups in total. The van der Waals surface area contributed by atoms with Gasteiger partial charge in [0.25, 0.3) is 0 Å². The predicted octanol–water partition coefficient (Wildman–Crippen LogP) is 1.10. The van der Waals surface area contributed by atoms with Gasteiger partial charge >= 0.3 is 0 Å². The molecule has 0 aliphatic carbocycles. The number of allylic oxidation sites excluding steroid dienone is 1. The molecular formula is C18H23NO6S2. The van der Waals surface area contributed by atoms with E-state index in [2.05, 4.69) is 0 Å². The van der Waals surface area contributed by atoms with E-state index in [1.165, 1.54) is 29.2 Å². The van der Waals surface area contributed by atoms with Gasteiger partial charge in [-0.25, -0.2) is 16.8 Å². The van der Waals surface area contributed by atoms with Crippen LogP contribution in [-0.2, 0) is 29.3 Å². The highest BCUT2D eigenvalue weighted by molar-refractivity contribution is 7.91. The van der Waals surface area contributed by atoms with Crippen molar-refractivity contribution in [2.45, 2.75) is 30.2 Å². The lowest BCUT2D eigenvalue weighted by Crippen LogP contribution is -2.37. The third-order valence-electron chi connectivity index (χ3n) is 4.48. The van der Waals surface area contributed by atoms with Gasteiger partial charge in [0.15, 0.2) is 25.5 Å². The summed E-state index contributed by atoms with van der Waals surface area (Å²) in [6.45, 7) is 0. The first-order valence-corrected chi connectivity index (χ1v) is 12.2. The molecule has 1 aromatic carbocycles. The molecule has 0 aromatic heterocycles. The quantitative estimate of drug-likeness (QED) is 0.620. The summed E-state index contributed by atoms with van der Waals surface area (Å²) in [7, 11) is -4.84. The van der Waals surface area contributed by atoms with Crippen LogP contribution in [0.1, 0.15) is 24.8 Å². The summed E-state index contributed by atoms with van der Waals surface area (Å²) in [6.07, 6.45) is 4.36. The van der Waals surface area contributed by atoms with Crippen molar-refractivity contribution in [2.75, 3.05) is 24.8 Å². The summed E-state index contributed by atoms with van der Waals surface area (Å²) in [4.78, 5) is 25.7. The Morgan fingerprint density at radius 3 is 2.56 bits per heavy atom. The van der Waals surface area contributed by atoms with Crippen molar-refractivity contribution in [3.8, 4) is 0 Å². The maximum absolute atomic E-state index is 12.2. The Bertz CT molecular complexity index is 963. The summed E-state index contributed by atoms with van der Waals surface area (Å²) in [5, 5.41) is 0. The highest BCUT2D eigenvalue weighted by Crippen LogP contribution is 2.18. The molecule has 1 heterocycles. The highest BCUT2D eigenvalue weighted by Gasteiger charge is 2.32. The van der Waals surface area contributed by atoms with E-state index in [0.717, 1.165) is 6.26 Å². The van der Waals surface area contributed by atoms with Gasteiger partial charge in [-0.2, -0.15) is 0 Å². The van der Waals surface area contributed by atoms with Crippen LogP contribution in [0.4, 0.5) is 0 Å². The van der Waals surface area contributed by atoms with Crippen LogP contribution in [0.25, 0.3) is 6.08 Å². The van der Waals surface area contributed by atoms with Gasteiger partial charge in [0, 0.05) is 32.2 Å². The Hall–Kier alpha value is -2.00. The summed E-state index contributed by atoms with van der Waals surface area (Å²) in [5.74, 6) is -0.470. The van der Waals surface area contributed by atoms with Crippen LogP contribution in [0.3, 0.4) is 0 Å². The van der Waals surface area contributed by atoms with Crippen LogP contribution in [-0.4, -0.2) is 64.3 Å². The molecule has 1 atom stereocenters. The first-order chi connectivity index (χ1) is 12.5. The van der Waals surface area contributed by atoms with Crippen LogP contribution < -0.4 is 0 Å². The topological polar surface area (TPSA) is 106 Å². The fourth-order valence-corrected chi connectivity index (χ4v) is 5.26. The second-order valence-electron chi connectivity index (χ2n) is 6.71. The Morgan fingerprint density at radius 2 is 1.96 bits per heavy atom. The van der Waals surface area contributed by atoms with E-state index in [1.807, 2.05) is 0 Å². The van der Waals surface area contributed by atoms with Crippen LogP contribution in [0, 0.1) is 0 Å². The number of amides is 1. The van der Waals surface area contributed by atoms with E-state index in [9.17, 15) is 26.4 Å². The van der Waals surface area contributed by atoms with Crippen molar-refractivity contribution in [1.82, 2.24) is 4.90 Å². The molecule has 1 unspecified atom stereocenters. The maximum atomic E-state index is 12.2. The summed E-state index contributed by atoms with van der Waals surface area (Å²) in [5.41, 5.74) is 0.575. The van der Waals surface area contributed by atoms with Crippen molar-refractivity contribution in [1.29, 1.82) is 0 Å². The molecule has 27 heavy (non-hydrogen) atoms. The smallest absolute Gasteiger partial charge is 0.223 e. The Kier molecular flexibility index (Phi) is 6.59. The first-order valence-electron chi connectivity index (χ1n) is 8.45. The van der Waals surface area contributed by atoms with Gasteiger partial charge in [0.05, 0.1) is 16.4 Å². The summed E-state index contributed by atoms with van der Waals surface area (Å²) in [6, 6.07) is 5.89. The van der Waals surface area contributed by atoms with E-state index in [4.69, 9.17) is 0 Å². The van der Waals surface area contributed by atoms with Crippen LogP contribution in [0.2, 0.25) is 0 Å².